The largest absolute Gasteiger partial charge is 0.480 e. The van der Waals surface area contributed by atoms with E-state index in [4.69, 9.17) is 10.5 Å². The second kappa shape index (κ2) is 4.65. The molecule has 0 radical (unpaired) electrons. The number of carbonyl (C=O) groups excluding carboxylic acids is 1. The third kappa shape index (κ3) is 2.38. The van der Waals surface area contributed by atoms with Gasteiger partial charge in [0, 0.05) is 17.8 Å². The monoisotopic (exact) mass is 254 g/mol. The number of nitrogens with one attached hydrogen (secondary N) is 1. The molecule has 2 aromatic carbocycles. The van der Waals surface area contributed by atoms with Crippen molar-refractivity contribution in [3.8, 4) is 5.75 Å². The number of fused-ring (bicyclic) bond motifs is 1. The summed E-state index contributed by atoms with van der Waals surface area (Å²) in [6.45, 7) is 0. The molecule has 19 heavy (non-hydrogen) atoms. The lowest BCUT2D eigenvalue weighted by Crippen LogP contribution is -2.31. The highest BCUT2D eigenvalue weighted by atomic mass is 16.5. The summed E-state index contributed by atoms with van der Waals surface area (Å²) in [5.74, 6) is 0.654. The van der Waals surface area contributed by atoms with Crippen LogP contribution >= 0.6 is 0 Å². The molecule has 0 bridgehead atoms. The van der Waals surface area contributed by atoms with Crippen LogP contribution in [-0.4, -0.2) is 12.0 Å². The van der Waals surface area contributed by atoms with Crippen molar-refractivity contribution in [2.24, 2.45) is 0 Å². The van der Waals surface area contributed by atoms with Gasteiger partial charge in [0.1, 0.15) is 5.75 Å². The molecule has 1 amide bonds. The Bertz CT molecular complexity index is 583. The summed E-state index contributed by atoms with van der Waals surface area (Å²) in [5.41, 5.74) is 8.06. The third-order valence-corrected chi connectivity index (χ3v) is 3.12. The van der Waals surface area contributed by atoms with Crippen LogP contribution in [0, 0.1) is 0 Å². The van der Waals surface area contributed by atoms with E-state index in [-0.39, 0.29) is 5.91 Å². The topological polar surface area (TPSA) is 64.3 Å². The van der Waals surface area contributed by atoms with E-state index >= 15 is 0 Å². The first-order valence-corrected chi connectivity index (χ1v) is 6.13. The fourth-order valence-electron chi connectivity index (χ4n) is 2.12. The molecule has 0 fully saturated rings. The Morgan fingerprint density at radius 1 is 1.16 bits per heavy atom. The van der Waals surface area contributed by atoms with Crippen LogP contribution in [0.25, 0.3) is 0 Å². The average molecular weight is 254 g/mol. The van der Waals surface area contributed by atoms with Crippen LogP contribution in [0.3, 0.4) is 0 Å². The number of nitrogens with two attached hydrogens (primary N) is 1. The Labute approximate surface area is 111 Å². The summed E-state index contributed by atoms with van der Waals surface area (Å²) in [6, 6.07) is 14.8. The van der Waals surface area contributed by atoms with Crippen molar-refractivity contribution >= 4 is 17.3 Å². The minimum absolute atomic E-state index is 0.138. The Balaban J connectivity index is 1.68. The fraction of sp³-hybridized carbons (Fsp3) is 0.133. The van der Waals surface area contributed by atoms with Gasteiger partial charge in [-0.15, -0.1) is 0 Å². The van der Waals surface area contributed by atoms with Gasteiger partial charge < -0.3 is 15.8 Å². The number of nitrogen functional groups attached to an aromatic ring is 1. The molecule has 0 saturated carbocycles. The van der Waals surface area contributed by atoms with Gasteiger partial charge in [0.15, 0.2) is 6.10 Å². The normalized spacial score (nSPS) is 16.5. The number of carbonyl (C=O) groups is 1. The Morgan fingerprint density at radius 2 is 1.89 bits per heavy atom. The first-order chi connectivity index (χ1) is 9.22. The average Bonchev–Trinajstić information content (AvgIpc) is 2.85. The fourth-order valence-corrected chi connectivity index (χ4v) is 2.12. The molecule has 0 aliphatic carbocycles. The Hall–Kier alpha value is -2.49. The molecule has 0 spiro atoms. The SMILES string of the molecule is Nc1ccc(NC(=O)C2Cc3ccccc3O2)cc1. The lowest BCUT2D eigenvalue weighted by molar-refractivity contribution is -0.122. The summed E-state index contributed by atoms with van der Waals surface area (Å²) in [4.78, 5) is 12.1. The van der Waals surface area contributed by atoms with Crippen LogP contribution in [0.2, 0.25) is 0 Å². The van der Waals surface area contributed by atoms with Crippen LogP contribution in [0.1, 0.15) is 5.56 Å². The van der Waals surface area contributed by atoms with Gasteiger partial charge in [-0.3, -0.25) is 4.79 Å². The summed E-state index contributed by atoms with van der Waals surface area (Å²) in [7, 11) is 0. The molecular weight excluding hydrogens is 240 g/mol. The van der Waals surface area contributed by atoms with Gasteiger partial charge >= 0.3 is 0 Å². The van der Waals surface area contributed by atoms with E-state index in [1.54, 1.807) is 24.3 Å². The molecule has 1 heterocycles. The maximum atomic E-state index is 12.1. The van der Waals surface area contributed by atoms with Gasteiger partial charge in [0.25, 0.3) is 5.91 Å². The molecule has 3 N–H and O–H groups in total. The predicted octanol–water partition coefficient (Wildman–Crippen LogP) is 2.21. The van der Waals surface area contributed by atoms with Crippen molar-refractivity contribution in [1.82, 2.24) is 0 Å². The number of rotatable bonds is 2. The lowest BCUT2D eigenvalue weighted by atomic mass is 10.1. The molecule has 2 aromatic rings. The molecule has 3 rings (SSSR count). The molecule has 1 aliphatic heterocycles. The minimum atomic E-state index is -0.463. The number of para-hydroxylation sites is 1. The standard InChI is InChI=1S/C15H14N2O2/c16-11-5-7-12(8-6-11)17-15(18)14-9-10-3-1-2-4-13(10)19-14/h1-8,14H,9,16H2,(H,17,18). The molecular formula is C15H14N2O2. The van der Waals surface area contributed by atoms with Crippen molar-refractivity contribution in [3.05, 3.63) is 54.1 Å². The van der Waals surface area contributed by atoms with E-state index in [1.807, 2.05) is 24.3 Å². The summed E-state index contributed by atoms with van der Waals surface area (Å²) < 4.78 is 5.63. The van der Waals surface area contributed by atoms with E-state index in [0.717, 1.165) is 17.0 Å². The molecule has 4 nitrogen and oxygen atoms in total. The van der Waals surface area contributed by atoms with Crippen molar-refractivity contribution in [2.75, 3.05) is 11.1 Å². The van der Waals surface area contributed by atoms with E-state index < -0.39 is 6.10 Å². The van der Waals surface area contributed by atoms with E-state index in [1.165, 1.54) is 0 Å². The molecule has 4 heteroatoms. The van der Waals surface area contributed by atoms with Crippen molar-refractivity contribution < 1.29 is 9.53 Å². The van der Waals surface area contributed by atoms with Crippen LogP contribution in [0.5, 0.6) is 5.75 Å². The maximum absolute atomic E-state index is 12.1. The van der Waals surface area contributed by atoms with E-state index in [0.29, 0.717) is 12.1 Å². The molecule has 1 atom stereocenters. The Kier molecular flexibility index (Phi) is 2.83. The molecule has 96 valence electrons. The number of benzene rings is 2. The lowest BCUT2D eigenvalue weighted by Gasteiger charge is -2.11. The first kappa shape index (κ1) is 11.6. The highest BCUT2D eigenvalue weighted by Crippen LogP contribution is 2.28. The smallest absolute Gasteiger partial charge is 0.265 e. The second-order valence-corrected chi connectivity index (χ2v) is 4.53. The quantitative estimate of drug-likeness (QED) is 0.807. The van der Waals surface area contributed by atoms with Crippen LogP contribution in [-0.2, 0) is 11.2 Å². The minimum Gasteiger partial charge on any atom is -0.480 e. The van der Waals surface area contributed by atoms with Crippen molar-refractivity contribution in [3.63, 3.8) is 0 Å². The van der Waals surface area contributed by atoms with Gasteiger partial charge in [-0.2, -0.15) is 0 Å². The summed E-state index contributed by atoms with van der Waals surface area (Å²) >= 11 is 0. The number of hydrogen-bond acceptors (Lipinski definition) is 3. The van der Waals surface area contributed by atoms with Crippen LogP contribution in [0.4, 0.5) is 11.4 Å². The summed E-state index contributed by atoms with van der Waals surface area (Å²) in [6.07, 6.45) is 0.145. The van der Waals surface area contributed by atoms with Crippen LogP contribution < -0.4 is 15.8 Å². The zero-order valence-electron chi connectivity index (χ0n) is 10.3. The molecule has 0 saturated heterocycles. The number of anilines is 2. The maximum Gasteiger partial charge on any atom is 0.265 e. The van der Waals surface area contributed by atoms with Gasteiger partial charge in [-0.1, -0.05) is 18.2 Å². The first-order valence-electron chi connectivity index (χ1n) is 6.13. The molecule has 1 unspecified atom stereocenters. The van der Waals surface area contributed by atoms with Crippen LogP contribution in [0.15, 0.2) is 48.5 Å². The zero-order chi connectivity index (χ0) is 13.2. The second-order valence-electron chi connectivity index (χ2n) is 4.53. The number of ether oxygens (including phenoxy) is 1. The summed E-state index contributed by atoms with van der Waals surface area (Å²) in [5, 5.41) is 2.83. The Morgan fingerprint density at radius 3 is 2.63 bits per heavy atom. The highest BCUT2D eigenvalue weighted by molar-refractivity contribution is 5.95. The van der Waals surface area contributed by atoms with Gasteiger partial charge in [-0.05, 0) is 35.9 Å². The van der Waals surface area contributed by atoms with Gasteiger partial charge in [0.2, 0.25) is 0 Å². The number of amides is 1. The number of hydrogen-bond donors (Lipinski definition) is 2. The van der Waals surface area contributed by atoms with Gasteiger partial charge in [-0.25, -0.2) is 0 Å². The van der Waals surface area contributed by atoms with Gasteiger partial charge in [0.05, 0.1) is 0 Å². The van der Waals surface area contributed by atoms with E-state index in [9.17, 15) is 4.79 Å². The highest BCUT2D eigenvalue weighted by Gasteiger charge is 2.28. The predicted molar refractivity (Wildman–Crippen MR) is 74.0 cm³/mol. The third-order valence-electron chi connectivity index (χ3n) is 3.12. The van der Waals surface area contributed by atoms with E-state index in [2.05, 4.69) is 5.32 Å². The van der Waals surface area contributed by atoms with Crippen molar-refractivity contribution in [2.45, 2.75) is 12.5 Å². The zero-order valence-corrected chi connectivity index (χ0v) is 10.3. The molecule has 0 aromatic heterocycles. The van der Waals surface area contributed by atoms with Crippen molar-refractivity contribution in [1.29, 1.82) is 0 Å². The molecule has 1 aliphatic rings.